The lowest BCUT2D eigenvalue weighted by Crippen LogP contribution is -2.16. The average Bonchev–Trinajstić information content (AvgIpc) is 2.71. The summed E-state index contributed by atoms with van der Waals surface area (Å²) < 4.78 is 6.54. The second kappa shape index (κ2) is 5.89. The molecule has 6 heteroatoms. The Hall–Kier alpha value is -2.81. The summed E-state index contributed by atoms with van der Waals surface area (Å²) in [5.74, 6) is 0.336. The van der Waals surface area contributed by atoms with Gasteiger partial charge in [-0.1, -0.05) is 30.3 Å². The Morgan fingerprint density at radius 1 is 1.45 bits per heavy atom. The molecule has 1 heterocycles. The molecule has 0 fully saturated rings. The van der Waals surface area contributed by atoms with Crippen molar-refractivity contribution in [3.63, 3.8) is 0 Å². The van der Waals surface area contributed by atoms with Crippen molar-refractivity contribution in [3.8, 4) is 6.07 Å². The minimum Gasteiger partial charge on any atom is -0.444 e. The van der Waals surface area contributed by atoms with Gasteiger partial charge in [0.1, 0.15) is 18.2 Å². The number of carbonyl (C=O) groups is 1. The minimum absolute atomic E-state index is 0.172. The van der Waals surface area contributed by atoms with Gasteiger partial charge in [0, 0.05) is 7.05 Å². The van der Waals surface area contributed by atoms with E-state index in [1.807, 2.05) is 36.4 Å². The molecule has 0 unspecified atom stereocenters. The largest absolute Gasteiger partial charge is 0.444 e. The smallest absolute Gasteiger partial charge is 0.413 e. The number of hydrogen-bond donors (Lipinski definition) is 1. The fraction of sp³-hybridized carbons (Fsp3) is 0.214. The zero-order chi connectivity index (χ0) is 14.5. The molecule has 2 aromatic rings. The van der Waals surface area contributed by atoms with Gasteiger partial charge in [0.25, 0.3) is 0 Å². The number of aromatic nitrogens is 2. The van der Waals surface area contributed by atoms with Crippen LogP contribution >= 0.6 is 0 Å². The molecule has 1 N–H and O–H groups in total. The van der Waals surface area contributed by atoms with Gasteiger partial charge in [0.2, 0.25) is 0 Å². The molecule has 0 saturated heterocycles. The molecule has 0 radical (unpaired) electrons. The van der Waals surface area contributed by atoms with Crippen molar-refractivity contribution >= 4 is 11.9 Å². The second-order valence-corrected chi connectivity index (χ2v) is 4.23. The summed E-state index contributed by atoms with van der Waals surface area (Å²) in [4.78, 5) is 11.7. The summed E-state index contributed by atoms with van der Waals surface area (Å²) in [6.45, 7) is 1.88. The lowest BCUT2D eigenvalue weighted by Gasteiger charge is -2.07. The van der Waals surface area contributed by atoms with E-state index in [1.165, 1.54) is 4.68 Å². The maximum absolute atomic E-state index is 11.7. The first kappa shape index (κ1) is 13.6. The van der Waals surface area contributed by atoms with E-state index >= 15 is 0 Å². The van der Waals surface area contributed by atoms with E-state index in [0.29, 0.717) is 17.1 Å². The summed E-state index contributed by atoms with van der Waals surface area (Å²) in [6.07, 6.45) is -0.617. The molecule has 0 aliphatic rings. The molecule has 2 rings (SSSR count). The van der Waals surface area contributed by atoms with Crippen molar-refractivity contribution < 1.29 is 9.53 Å². The van der Waals surface area contributed by atoms with Crippen molar-refractivity contribution in [3.05, 3.63) is 47.2 Å². The highest BCUT2D eigenvalue weighted by atomic mass is 16.5. The van der Waals surface area contributed by atoms with Crippen LogP contribution in [0.5, 0.6) is 0 Å². The van der Waals surface area contributed by atoms with Crippen molar-refractivity contribution in [1.29, 1.82) is 5.26 Å². The monoisotopic (exact) mass is 270 g/mol. The predicted molar refractivity (Wildman–Crippen MR) is 72.9 cm³/mol. The Morgan fingerprint density at radius 3 is 2.80 bits per heavy atom. The molecule has 0 aliphatic heterocycles. The fourth-order valence-electron chi connectivity index (χ4n) is 1.79. The number of nitrogens with zero attached hydrogens (tertiary/aromatic N) is 3. The van der Waals surface area contributed by atoms with E-state index in [-0.39, 0.29) is 6.61 Å². The first-order chi connectivity index (χ1) is 9.61. The van der Waals surface area contributed by atoms with Gasteiger partial charge in [-0.15, -0.1) is 0 Å². The Labute approximate surface area is 116 Å². The van der Waals surface area contributed by atoms with Crippen molar-refractivity contribution in [1.82, 2.24) is 9.78 Å². The molecule has 0 bridgehead atoms. The summed E-state index contributed by atoms with van der Waals surface area (Å²) in [5.41, 5.74) is 1.79. The fourth-order valence-corrected chi connectivity index (χ4v) is 1.79. The van der Waals surface area contributed by atoms with Crippen LogP contribution in [-0.2, 0) is 18.4 Å². The highest BCUT2D eigenvalue weighted by Crippen LogP contribution is 2.17. The number of ether oxygens (including phenoxy) is 1. The molecule has 1 aromatic heterocycles. The Morgan fingerprint density at radius 2 is 2.15 bits per heavy atom. The highest BCUT2D eigenvalue weighted by Gasteiger charge is 2.15. The molecule has 1 amide bonds. The summed E-state index contributed by atoms with van der Waals surface area (Å²) >= 11 is 0. The maximum Gasteiger partial charge on any atom is 0.413 e. The molecule has 20 heavy (non-hydrogen) atoms. The lowest BCUT2D eigenvalue weighted by molar-refractivity contribution is 0.155. The third kappa shape index (κ3) is 2.95. The van der Waals surface area contributed by atoms with Gasteiger partial charge in [-0.2, -0.15) is 10.4 Å². The van der Waals surface area contributed by atoms with Crippen LogP contribution in [0.3, 0.4) is 0 Å². The molecule has 0 saturated carbocycles. The Kier molecular flexibility index (Phi) is 4.01. The number of benzene rings is 1. The number of anilines is 1. The first-order valence-corrected chi connectivity index (χ1v) is 6.03. The SMILES string of the molecule is Cc1nn(C)c(NC(=O)OCc2ccccc2)c1C#N. The maximum atomic E-state index is 11.7. The standard InChI is InChI=1S/C14H14N4O2/c1-10-12(8-15)13(18(2)17-10)16-14(19)20-9-11-6-4-3-5-7-11/h3-7H,9H2,1-2H3,(H,16,19). The van der Waals surface area contributed by atoms with Crippen LogP contribution in [0.15, 0.2) is 30.3 Å². The summed E-state index contributed by atoms with van der Waals surface area (Å²) in [7, 11) is 1.65. The van der Waals surface area contributed by atoms with Gasteiger partial charge in [-0.05, 0) is 12.5 Å². The number of carbonyl (C=O) groups excluding carboxylic acids is 1. The number of hydrogen-bond acceptors (Lipinski definition) is 4. The molecule has 102 valence electrons. The molecule has 6 nitrogen and oxygen atoms in total. The molecule has 0 aliphatic carbocycles. The van der Waals surface area contributed by atoms with Gasteiger partial charge in [-0.3, -0.25) is 10.00 Å². The molecule has 0 atom stereocenters. The van der Waals surface area contributed by atoms with Crippen LogP contribution in [0, 0.1) is 18.3 Å². The van der Waals surface area contributed by atoms with Gasteiger partial charge >= 0.3 is 6.09 Å². The zero-order valence-electron chi connectivity index (χ0n) is 11.3. The molecular weight excluding hydrogens is 256 g/mol. The lowest BCUT2D eigenvalue weighted by atomic mass is 10.2. The van der Waals surface area contributed by atoms with E-state index in [4.69, 9.17) is 10.00 Å². The third-order valence-electron chi connectivity index (χ3n) is 2.77. The average molecular weight is 270 g/mol. The minimum atomic E-state index is -0.617. The third-order valence-corrected chi connectivity index (χ3v) is 2.77. The number of amides is 1. The number of rotatable bonds is 3. The van der Waals surface area contributed by atoms with E-state index < -0.39 is 6.09 Å². The number of nitrogens with one attached hydrogen (secondary N) is 1. The molecule has 0 spiro atoms. The van der Waals surface area contributed by atoms with Crippen molar-refractivity contribution in [2.45, 2.75) is 13.5 Å². The quantitative estimate of drug-likeness (QED) is 0.928. The zero-order valence-corrected chi connectivity index (χ0v) is 11.3. The normalized spacial score (nSPS) is 9.85. The first-order valence-electron chi connectivity index (χ1n) is 6.03. The van der Waals surface area contributed by atoms with Crippen LogP contribution in [0.4, 0.5) is 10.6 Å². The van der Waals surface area contributed by atoms with E-state index in [2.05, 4.69) is 10.4 Å². The molecular formula is C14H14N4O2. The van der Waals surface area contributed by atoms with Gasteiger partial charge in [0.15, 0.2) is 5.82 Å². The van der Waals surface area contributed by atoms with E-state index in [9.17, 15) is 4.79 Å². The Balaban J connectivity index is 2.01. The Bertz CT molecular complexity index is 656. The van der Waals surface area contributed by atoms with Crippen molar-refractivity contribution in [2.24, 2.45) is 7.05 Å². The highest BCUT2D eigenvalue weighted by molar-refractivity contribution is 5.85. The van der Waals surface area contributed by atoms with Crippen LogP contribution < -0.4 is 5.32 Å². The van der Waals surface area contributed by atoms with Gasteiger partial charge in [0.05, 0.1) is 5.69 Å². The predicted octanol–water partition coefficient (Wildman–Crippen LogP) is 2.35. The van der Waals surface area contributed by atoms with E-state index in [1.54, 1.807) is 14.0 Å². The topological polar surface area (TPSA) is 79.9 Å². The number of aryl methyl sites for hydroxylation is 2. The summed E-state index contributed by atoms with van der Waals surface area (Å²) in [6, 6.07) is 11.4. The van der Waals surface area contributed by atoms with E-state index in [0.717, 1.165) is 5.56 Å². The molecule has 1 aromatic carbocycles. The second-order valence-electron chi connectivity index (χ2n) is 4.23. The van der Waals surface area contributed by atoms with Gasteiger partial charge in [-0.25, -0.2) is 4.79 Å². The van der Waals surface area contributed by atoms with Crippen LogP contribution in [0.25, 0.3) is 0 Å². The van der Waals surface area contributed by atoms with Crippen molar-refractivity contribution in [2.75, 3.05) is 5.32 Å². The van der Waals surface area contributed by atoms with Crippen LogP contribution in [-0.4, -0.2) is 15.9 Å². The van der Waals surface area contributed by atoms with Gasteiger partial charge < -0.3 is 4.74 Å². The summed E-state index contributed by atoms with van der Waals surface area (Å²) in [5, 5.41) is 15.7. The number of nitriles is 1. The van der Waals surface area contributed by atoms with Crippen LogP contribution in [0.2, 0.25) is 0 Å². The van der Waals surface area contributed by atoms with Crippen LogP contribution in [0.1, 0.15) is 16.8 Å².